The van der Waals surface area contributed by atoms with E-state index in [4.69, 9.17) is 0 Å². The summed E-state index contributed by atoms with van der Waals surface area (Å²) in [7, 11) is 0. The van der Waals surface area contributed by atoms with Crippen molar-refractivity contribution in [3.63, 3.8) is 0 Å². The minimum Gasteiger partial charge on any atom is -0.0648 e. The van der Waals surface area contributed by atoms with E-state index < -0.39 is 0 Å². The second-order valence-corrected chi connectivity index (χ2v) is 4.27. The molecule has 0 unspecified atom stereocenters. The van der Waals surface area contributed by atoms with Crippen LogP contribution in [0.15, 0.2) is 0 Å². The Hall–Kier alpha value is 0. The van der Waals surface area contributed by atoms with E-state index in [9.17, 15) is 0 Å². The van der Waals surface area contributed by atoms with Crippen molar-refractivity contribution in [1.29, 1.82) is 0 Å². The van der Waals surface area contributed by atoms with E-state index in [0.29, 0.717) is 0 Å². The monoisotopic (exact) mass is 138 g/mol. The summed E-state index contributed by atoms with van der Waals surface area (Å²) >= 11 is 0. The Bertz CT molecular complexity index is 109. The van der Waals surface area contributed by atoms with Gasteiger partial charge in [-0.25, -0.2) is 0 Å². The molecule has 0 nitrogen and oxygen atoms in total. The molecule has 0 atom stereocenters. The highest BCUT2D eigenvalue weighted by molar-refractivity contribution is 5.12. The number of hydrogen-bond acceptors (Lipinski definition) is 0. The molecule has 2 rings (SSSR count). The lowest BCUT2D eigenvalue weighted by Crippen LogP contribution is -2.58. The highest BCUT2D eigenvalue weighted by atomic mass is 14.7. The number of hydrogen-bond donors (Lipinski definition) is 0. The van der Waals surface area contributed by atoms with E-state index in [0.717, 1.165) is 10.8 Å². The maximum absolute atomic E-state index is 2.38. The first kappa shape index (κ1) is 6.69. The summed E-state index contributed by atoms with van der Waals surface area (Å²) < 4.78 is 0. The van der Waals surface area contributed by atoms with Crippen LogP contribution in [0.25, 0.3) is 0 Å². The van der Waals surface area contributed by atoms with E-state index in [1.54, 1.807) is 0 Å². The van der Waals surface area contributed by atoms with Gasteiger partial charge in [0, 0.05) is 0 Å². The van der Waals surface area contributed by atoms with Crippen LogP contribution in [0.2, 0.25) is 0 Å². The Morgan fingerprint density at radius 1 is 0.800 bits per heavy atom. The fourth-order valence-corrected chi connectivity index (χ4v) is 3.37. The van der Waals surface area contributed by atoms with Crippen LogP contribution in [-0.4, -0.2) is 0 Å². The molecule has 0 spiro atoms. The maximum atomic E-state index is 2.38. The normalized spacial score (nSPS) is 51.0. The van der Waals surface area contributed by atoms with E-state index in [1.807, 2.05) is 0 Å². The molecule has 0 radical (unpaired) electrons. The van der Waals surface area contributed by atoms with Crippen LogP contribution in [0.3, 0.4) is 0 Å². The molecule has 0 amide bonds. The van der Waals surface area contributed by atoms with E-state index in [-0.39, 0.29) is 0 Å². The van der Waals surface area contributed by atoms with Gasteiger partial charge in [-0.15, -0.1) is 0 Å². The lowest BCUT2D eigenvalue weighted by atomic mass is 9.36. The summed E-state index contributed by atoms with van der Waals surface area (Å²) in [6.45, 7) is 4.76. The molecule has 0 saturated heterocycles. The van der Waals surface area contributed by atoms with Gasteiger partial charge in [0.2, 0.25) is 0 Å². The van der Waals surface area contributed by atoms with Gasteiger partial charge in [-0.1, -0.05) is 13.8 Å². The second kappa shape index (κ2) is 1.78. The van der Waals surface area contributed by atoms with Crippen molar-refractivity contribution in [2.75, 3.05) is 0 Å². The molecule has 2 aliphatic rings. The van der Waals surface area contributed by atoms with Gasteiger partial charge in [0.15, 0.2) is 0 Å². The third kappa shape index (κ3) is 0.466. The first-order chi connectivity index (χ1) is 4.79. The standard InChI is InChI=1S/C10H18/c1-3-9-5-7-10(9,4-2)8-6-9/h3-8H2,1-2H3. The zero-order valence-electron chi connectivity index (χ0n) is 7.24. The van der Waals surface area contributed by atoms with Gasteiger partial charge >= 0.3 is 0 Å². The van der Waals surface area contributed by atoms with Crippen molar-refractivity contribution in [1.82, 2.24) is 0 Å². The number of rotatable bonds is 2. The largest absolute Gasteiger partial charge is 0.0648 e. The molecule has 0 N–H and O–H groups in total. The van der Waals surface area contributed by atoms with Crippen molar-refractivity contribution < 1.29 is 0 Å². The highest BCUT2D eigenvalue weighted by Gasteiger charge is 2.62. The van der Waals surface area contributed by atoms with Crippen molar-refractivity contribution in [3.8, 4) is 0 Å². The third-order valence-electron chi connectivity index (χ3n) is 4.64. The maximum Gasteiger partial charge on any atom is -0.0243 e. The summed E-state index contributed by atoms with van der Waals surface area (Å²) in [6, 6.07) is 0. The van der Waals surface area contributed by atoms with Gasteiger partial charge in [-0.3, -0.25) is 0 Å². The summed E-state index contributed by atoms with van der Waals surface area (Å²) in [5.74, 6) is 0. The average Bonchev–Trinajstić information content (AvgIpc) is 1.96. The summed E-state index contributed by atoms with van der Waals surface area (Å²) in [5.41, 5.74) is 1.70. The molecule has 0 heteroatoms. The van der Waals surface area contributed by atoms with Crippen LogP contribution in [0.5, 0.6) is 0 Å². The van der Waals surface area contributed by atoms with Crippen LogP contribution < -0.4 is 0 Å². The topological polar surface area (TPSA) is 0 Å². The molecule has 0 aliphatic heterocycles. The van der Waals surface area contributed by atoms with Gasteiger partial charge in [-0.2, -0.15) is 0 Å². The highest BCUT2D eigenvalue weighted by Crippen LogP contribution is 2.73. The molecule has 2 fully saturated rings. The Kier molecular flexibility index (Phi) is 1.19. The third-order valence-corrected chi connectivity index (χ3v) is 4.64. The first-order valence-electron chi connectivity index (χ1n) is 4.79. The van der Waals surface area contributed by atoms with E-state index in [1.165, 1.54) is 38.5 Å². The molecule has 0 aromatic rings. The van der Waals surface area contributed by atoms with Crippen molar-refractivity contribution in [3.05, 3.63) is 0 Å². The zero-order valence-corrected chi connectivity index (χ0v) is 7.24. The summed E-state index contributed by atoms with van der Waals surface area (Å²) in [4.78, 5) is 0. The lowest BCUT2D eigenvalue weighted by Gasteiger charge is -2.69. The summed E-state index contributed by atoms with van der Waals surface area (Å²) in [5, 5.41) is 0. The van der Waals surface area contributed by atoms with Crippen LogP contribution >= 0.6 is 0 Å². The lowest BCUT2D eigenvalue weighted by molar-refractivity contribution is -0.183. The minimum absolute atomic E-state index is 0.849. The fourth-order valence-electron chi connectivity index (χ4n) is 3.37. The van der Waals surface area contributed by atoms with Gasteiger partial charge in [0.25, 0.3) is 0 Å². The predicted octanol–water partition coefficient (Wildman–Crippen LogP) is 3.37. The first-order valence-corrected chi connectivity index (χ1v) is 4.79. The van der Waals surface area contributed by atoms with Crippen LogP contribution in [0.4, 0.5) is 0 Å². The van der Waals surface area contributed by atoms with Crippen LogP contribution in [0.1, 0.15) is 52.4 Å². The van der Waals surface area contributed by atoms with E-state index in [2.05, 4.69) is 13.8 Å². The second-order valence-electron chi connectivity index (χ2n) is 4.27. The predicted molar refractivity (Wildman–Crippen MR) is 43.9 cm³/mol. The minimum atomic E-state index is 0.849. The van der Waals surface area contributed by atoms with Crippen LogP contribution in [0, 0.1) is 10.8 Å². The van der Waals surface area contributed by atoms with E-state index >= 15 is 0 Å². The molecule has 0 aromatic heterocycles. The smallest absolute Gasteiger partial charge is 0.0243 e. The average molecular weight is 138 g/mol. The molecule has 58 valence electrons. The molecular weight excluding hydrogens is 120 g/mol. The summed E-state index contributed by atoms with van der Waals surface area (Å²) in [6.07, 6.45) is 9.05. The molecule has 10 heavy (non-hydrogen) atoms. The Morgan fingerprint density at radius 3 is 1.20 bits per heavy atom. The Balaban J connectivity index is 2.13. The molecular formula is C10H18. The van der Waals surface area contributed by atoms with Gasteiger partial charge in [-0.05, 0) is 49.4 Å². The van der Waals surface area contributed by atoms with Gasteiger partial charge < -0.3 is 0 Å². The van der Waals surface area contributed by atoms with Crippen molar-refractivity contribution in [2.24, 2.45) is 10.8 Å². The Labute approximate surface area is 64.0 Å². The SMILES string of the molecule is CCC12CCC1(CC)CC2. The molecule has 2 aliphatic carbocycles. The van der Waals surface area contributed by atoms with Crippen molar-refractivity contribution in [2.45, 2.75) is 52.4 Å². The molecule has 0 aromatic carbocycles. The quantitative estimate of drug-likeness (QED) is 0.549. The molecule has 2 saturated carbocycles. The van der Waals surface area contributed by atoms with Gasteiger partial charge in [0.05, 0.1) is 0 Å². The van der Waals surface area contributed by atoms with Crippen molar-refractivity contribution >= 4 is 0 Å². The Morgan fingerprint density at radius 2 is 1.10 bits per heavy atom. The number of fused-ring (bicyclic) bond motifs is 1. The fraction of sp³-hybridized carbons (Fsp3) is 1.00. The van der Waals surface area contributed by atoms with Gasteiger partial charge in [0.1, 0.15) is 0 Å². The zero-order chi connectivity index (χ0) is 7.24. The van der Waals surface area contributed by atoms with Crippen LogP contribution in [-0.2, 0) is 0 Å². The molecule has 0 heterocycles. The molecule has 0 bridgehead atoms.